The maximum absolute atomic E-state index is 12.6. The van der Waals surface area contributed by atoms with Crippen molar-refractivity contribution in [3.63, 3.8) is 0 Å². The number of nitriles is 1. The number of nitrogens with zero attached hydrogens (tertiary/aromatic N) is 1. The second-order valence-electron chi connectivity index (χ2n) is 7.83. The molecule has 0 aliphatic heterocycles. The second-order valence-corrected chi connectivity index (χ2v) is 9.54. The lowest BCUT2D eigenvalue weighted by atomic mass is 10.1. The van der Waals surface area contributed by atoms with Crippen LogP contribution in [-0.2, 0) is 21.4 Å². The van der Waals surface area contributed by atoms with Crippen LogP contribution in [0.2, 0.25) is 0 Å². The number of rotatable bonds is 9. The van der Waals surface area contributed by atoms with Gasteiger partial charge in [-0.1, -0.05) is 50.2 Å². The summed E-state index contributed by atoms with van der Waals surface area (Å²) in [6.07, 6.45) is 0. The van der Waals surface area contributed by atoms with Gasteiger partial charge in [0, 0.05) is 0 Å². The van der Waals surface area contributed by atoms with Gasteiger partial charge in [0.1, 0.15) is 18.4 Å². The highest BCUT2D eigenvalue weighted by molar-refractivity contribution is 7.89. The normalized spacial score (nSPS) is 12.2. The van der Waals surface area contributed by atoms with Crippen molar-refractivity contribution in [2.45, 2.75) is 31.4 Å². The first-order valence-corrected chi connectivity index (χ1v) is 11.8. The average molecular weight is 465 g/mol. The number of hydrogen-bond donors (Lipinski definition) is 2. The van der Waals surface area contributed by atoms with Crippen LogP contribution in [0, 0.1) is 17.2 Å². The van der Waals surface area contributed by atoms with Gasteiger partial charge in [-0.3, -0.25) is 4.79 Å². The molecule has 0 fully saturated rings. The standard InChI is InChI=1S/C25H24N2O5S/c1-17(2)24(25(28)29)27-33(30,31)23-12-8-21(9-13-23)20-6-10-22(11-7-20)32-16-19-5-3-4-18(14-19)15-26/h3-14,17,24,27H,16H2,1-2H3,(H,28,29). The van der Waals surface area contributed by atoms with Gasteiger partial charge in [0.25, 0.3) is 0 Å². The summed E-state index contributed by atoms with van der Waals surface area (Å²) in [6.45, 7) is 3.62. The number of ether oxygens (including phenoxy) is 1. The Morgan fingerprint density at radius 2 is 1.64 bits per heavy atom. The van der Waals surface area contributed by atoms with E-state index >= 15 is 0 Å². The lowest BCUT2D eigenvalue weighted by Crippen LogP contribution is -2.44. The first-order chi connectivity index (χ1) is 15.7. The van der Waals surface area contributed by atoms with Crippen molar-refractivity contribution in [3.05, 3.63) is 83.9 Å². The van der Waals surface area contributed by atoms with Crippen LogP contribution in [0.15, 0.2) is 77.7 Å². The zero-order valence-corrected chi connectivity index (χ0v) is 19.0. The van der Waals surface area contributed by atoms with Gasteiger partial charge in [0.05, 0.1) is 16.5 Å². The Kier molecular flexibility index (Phi) is 7.48. The smallest absolute Gasteiger partial charge is 0.322 e. The van der Waals surface area contributed by atoms with Crippen LogP contribution >= 0.6 is 0 Å². The summed E-state index contributed by atoms with van der Waals surface area (Å²) < 4.78 is 33.2. The van der Waals surface area contributed by atoms with E-state index in [9.17, 15) is 18.3 Å². The summed E-state index contributed by atoms with van der Waals surface area (Å²) >= 11 is 0. The Hall–Kier alpha value is -3.67. The Labute approximate surface area is 193 Å². The van der Waals surface area contributed by atoms with Gasteiger partial charge in [-0.15, -0.1) is 0 Å². The minimum Gasteiger partial charge on any atom is -0.489 e. The van der Waals surface area contributed by atoms with Gasteiger partial charge in [-0.25, -0.2) is 8.42 Å². The molecule has 7 nitrogen and oxygen atoms in total. The molecule has 0 aliphatic rings. The van der Waals surface area contributed by atoms with Gasteiger partial charge in [0.15, 0.2) is 0 Å². The van der Waals surface area contributed by atoms with Crippen LogP contribution in [0.4, 0.5) is 0 Å². The number of nitrogens with one attached hydrogen (secondary N) is 1. The van der Waals surface area contributed by atoms with Crippen molar-refractivity contribution in [1.82, 2.24) is 4.72 Å². The number of sulfonamides is 1. The van der Waals surface area contributed by atoms with Crippen molar-refractivity contribution in [1.29, 1.82) is 5.26 Å². The van der Waals surface area contributed by atoms with Crippen molar-refractivity contribution >= 4 is 16.0 Å². The highest BCUT2D eigenvalue weighted by Crippen LogP contribution is 2.24. The monoisotopic (exact) mass is 464 g/mol. The molecule has 0 bridgehead atoms. The van der Waals surface area contributed by atoms with E-state index in [-0.39, 0.29) is 4.90 Å². The predicted octanol–water partition coefficient (Wildman–Crippen LogP) is 4.19. The van der Waals surface area contributed by atoms with E-state index in [0.717, 1.165) is 16.7 Å². The summed E-state index contributed by atoms with van der Waals surface area (Å²) in [4.78, 5) is 11.3. The molecule has 0 aromatic heterocycles. The van der Waals surface area contributed by atoms with E-state index < -0.39 is 28.0 Å². The quantitative estimate of drug-likeness (QED) is 0.490. The third-order valence-corrected chi connectivity index (χ3v) is 6.49. The molecule has 2 N–H and O–H groups in total. The third-order valence-electron chi connectivity index (χ3n) is 5.03. The molecule has 0 heterocycles. The van der Waals surface area contributed by atoms with E-state index in [1.54, 1.807) is 38.1 Å². The van der Waals surface area contributed by atoms with Crippen LogP contribution in [0.3, 0.4) is 0 Å². The lowest BCUT2D eigenvalue weighted by Gasteiger charge is -2.18. The zero-order valence-electron chi connectivity index (χ0n) is 18.2. The first kappa shape index (κ1) is 24.0. The molecule has 0 aliphatic carbocycles. The molecule has 8 heteroatoms. The fourth-order valence-electron chi connectivity index (χ4n) is 3.17. The summed E-state index contributed by atoms with van der Waals surface area (Å²) in [5, 5.41) is 18.2. The number of benzene rings is 3. The third kappa shape index (κ3) is 6.19. The number of carboxylic acids is 1. The fraction of sp³-hybridized carbons (Fsp3) is 0.200. The Bertz CT molecular complexity index is 1260. The molecule has 1 atom stereocenters. The van der Waals surface area contributed by atoms with Crippen LogP contribution in [0.1, 0.15) is 25.0 Å². The van der Waals surface area contributed by atoms with E-state index in [4.69, 9.17) is 10.00 Å². The largest absolute Gasteiger partial charge is 0.489 e. The molecule has 3 aromatic carbocycles. The summed E-state index contributed by atoms with van der Waals surface area (Å²) in [5.74, 6) is -0.948. The molecule has 0 radical (unpaired) electrons. The molecular formula is C25H24N2O5S. The summed E-state index contributed by atoms with van der Waals surface area (Å²) in [5.41, 5.74) is 3.15. The predicted molar refractivity (Wildman–Crippen MR) is 124 cm³/mol. The molecule has 170 valence electrons. The van der Waals surface area contributed by atoms with Crippen LogP contribution < -0.4 is 9.46 Å². The molecule has 0 spiro atoms. The van der Waals surface area contributed by atoms with E-state index in [1.807, 2.05) is 36.4 Å². The highest BCUT2D eigenvalue weighted by Gasteiger charge is 2.27. The van der Waals surface area contributed by atoms with Crippen molar-refractivity contribution in [3.8, 4) is 22.9 Å². The maximum atomic E-state index is 12.6. The Balaban J connectivity index is 1.68. The zero-order chi connectivity index (χ0) is 24.0. The molecule has 33 heavy (non-hydrogen) atoms. The molecule has 0 amide bonds. The number of carbonyl (C=O) groups is 1. The molecule has 3 rings (SSSR count). The molecule has 0 saturated heterocycles. The maximum Gasteiger partial charge on any atom is 0.322 e. The Morgan fingerprint density at radius 1 is 1.03 bits per heavy atom. The summed E-state index contributed by atoms with van der Waals surface area (Å²) in [6, 6.07) is 21.7. The molecule has 0 saturated carbocycles. The van der Waals surface area contributed by atoms with Crippen LogP contribution in [-0.4, -0.2) is 25.5 Å². The van der Waals surface area contributed by atoms with Crippen molar-refractivity contribution in [2.75, 3.05) is 0 Å². The van der Waals surface area contributed by atoms with Gasteiger partial charge >= 0.3 is 5.97 Å². The molecule has 1 unspecified atom stereocenters. The van der Waals surface area contributed by atoms with Gasteiger partial charge in [-0.05, 0) is 59.0 Å². The van der Waals surface area contributed by atoms with Crippen molar-refractivity contribution < 1.29 is 23.1 Å². The van der Waals surface area contributed by atoms with Gasteiger partial charge in [-0.2, -0.15) is 9.98 Å². The van der Waals surface area contributed by atoms with E-state index in [2.05, 4.69) is 10.8 Å². The van der Waals surface area contributed by atoms with Crippen LogP contribution in [0.5, 0.6) is 5.75 Å². The number of aliphatic carboxylic acids is 1. The van der Waals surface area contributed by atoms with Gasteiger partial charge in [0.2, 0.25) is 10.0 Å². The van der Waals surface area contributed by atoms with E-state index in [0.29, 0.717) is 17.9 Å². The topological polar surface area (TPSA) is 116 Å². The molecular weight excluding hydrogens is 440 g/mol. The van der Waals surface area contributed by atoms with Crippen molar-refractivity contribution in [2.24, 2.45) is 5.92 Å². The fourth-order valence-corrected chi connectivity index (χ4v) is 4.51. The lowest BCUT2D eigenvalue weighted by molar-refractivity contribution is -0.140. The number of carboxylic acid groups (broad SMARTS) is 1. The number of hydrogen-bond acceptors (Lipinski definition) is 5. The minimum atomic E-state index is -3.96. The molecule has 3 aromatic rings. The minimum absolute atomic E-state index is 0.00213. The highest BCUT2D eigenvalue weighted by atomic mass is 32.2. The average Bonchev–Trinajstić information content (AvgIpc) is 2.81. The second kappa shape index (κ2) is 10.3. The SMILES string of the molecule is CC(C)C(NS(=O)(=O)c1ccc(-c2ccc(OCc3cccc(C#N)c3)cc2)cc1)C(=O)O. The summed E-state index contributed by atoms with van der Waals surface area (Å²) in [7, 11) is -3.96. The first-order valence-electron chi connectivity index (χ1n) is 10.3. The van der Waals surface area contributed by atoms with Gasteiger partial charge < -0.3 is 9.84 Å². The van der Waals surface area contributed by atoms with E-state index in [1.165, 1.54) is 12.1 Å². The van der Waals surface area contributed by atoms with Crippen LogP contribution in [0.25, 0.3) is 11.1 Å². The Morgan fingerprint density at radius 3 is 2.18 bits per heavy atom.